The van der Waals surface area contributed by atoms with Gasteiger partial charge in [-0.15, -0.1) is 0 Å². The molecule has 0 bridgehead atoms. The van der Waals surface area contributed by atoms with E-state index in [1.165, 1.54) is 24.9 Å². The van der Waals surface area contributed by atoms with E-state index in [1.807, 2.05) is 0 Å². The fraction of sp³-hybridized carbons (Fsp3) is 0.647. The standard InChI is InChI=1S/C17H30N2/c1-5-13-18-17(16-11-9-8-10-12-16)15(4)19(7-3)14-6-2/h8-12,15,17-18H,5-7,13-14H2,1-4H3. The first-order valence-electron chi connectivity index (χ1n) is 7.76. The molecule has 2 atom stereocenters. The molecule has 0 heterocycles. The highest BCUT2D eigenvalue weighted by molar-refractivity contribution is 5.20. The van der Waals surface area contributed by atoms with Gasteiger partial charge in [-0.25, -0.2) is 0 Å². The maximum Gasteiger partial charge on any atom is 0.0475 e. The zero-order valence-electron chi connectivity index (χ0n) is 13.0. The van der Waals surface area contributed by atoms with Crippen molar-refractivity contribution in [2.24, 2.45) is 0 Å². The molecule has 0 fully saturated rings. The molecule has 108 valence electrons. The summed E-state index contributed by atoms with van der Waals surface area (Å²) in [6.45, 7) is 12.5. The zero-order chi connectivity index (χ0) is 14.1. The van der Waals surface area contributed by atoms with Crippen LogP contribution in [0.1, 0.15) is 52.1 Å². The van der Waals surface area contributed by atoms with Crippen molar-refractivity contribution in [2.75, 3.05) is 19.6 Å². The summed E-state index contributed by atoms with van der Waals surface area (Å²) in [4.78, 5) is 2.57. The summed E-state index contributed by atoms with van der Waals surface area (Å²) >= 11 is 0. The molecule has 0 aromatic heterocycles. The fourth-order valence-corrected chi connectivity index (χ4v) is 2.67. The van der Waals surface area contributed by atoms with Gasteiger partial charge in [0.05, 0.1) is 0 Å². The van der Waals surface area contributed by atoms with E-state index < -0.39 is 0 Å². The molecule has 2 nitrogen and oxygen atoms in total. The molecule has 0 aliphatic rings. The van der Waals surface area contributed by atoms with Crippen LogP contribution in [0.25, 0.3) is 0 Å². The fourth-order valence-electron chi connectivity index (χ4n) is 2.67. The van der Waals surface area contributed by atoms with Crippen molar-refractivity contribution in [1.29, 1.82) is 0 Å². The van der Waals surface area contributed by atoms with Crippen LogP contribution in [0.5, 0.6) is 0 Å². The monoisotopic (exact) mass is 262 g/mol. The van der Waals surface area contributed by atoms with Crippen molar-refractivity contribution < 1.29 is 0 Å². The lowest BCUT2D eigenvalue weighted by Gasteiger charge is -2.35. The third-order valence-corrected chi connectivity index (χ3v) is 3.75. The number of nitrogens with one attached hydrogen (secondary N) is 1. The van der Waals surface area contributed by atoms with E-state index in [2.05, 4.69) is 68.2 Å². The summed E-state index contributed by atoms with van der Waals surface area (Å²) in [6, 6.07) is 11.8. The van der Waals surface area contributed by atoms with E-state index in [1.54, 1.807) is 0 Å². The van der Waals surface area contributed by atoms with E-state index in [9.17, 15) is 0 Å². The molecule has 0 amide bonds. The highest BCUT2D eigenvalue weighted by atomic mass is 15.2. The van der Waals surface area contributed by atoms with Crippen molar-refractivity contribution in [1.82, 2.24) is 10.2 Å². The second-order valence-corrected chi connectivity index (χ2v) is 5.21. The second kappa shape index (κ2) is 9.11. The molecule has 2 unspecified atom stereocenters. The van der Waals surface area contributed by atoms with Crippen LogP contribution in [0.3, 0.4) is 0 Å². The SMILES string of the molecule is CCCNC(c1ccccc1)C(C)N(CC)CCC. The molecule has 1 aromatic carbocycles. The van der Waals surface area contributed by atoms with Gasteiger partial charge in [0.25, 0.3) is 0 Å². The minimum atomic E-state index is 0.424. The molecule has 0 radical (unpaired) electrons. The number of likely N-dealkylation sites (N-methyl/N-ethyl adjacent to an activating group) is 1. The van der Waals surface area contributed by atoms with Gasteiger partial charge in [0.1, 0.15) is 0 Å². The second-order valence-electron chi connectivity index (χ2n) is 5.21. The van der Waals surface area contributed by atoms with E-state index in [4.69, 9.17) is 0 Å². The van der Waals surface area contributed by atoms with E-state index in [-0.39, 0.29) is 0 Å². The van der Waals surface area contributed by atoms with Gasteiger partial charge in [0, 0.05) is 12.1 Å². The Morgan fingerprint density at radius 1 is 1.05 bits per heavy atom. The van der Waals surface area contributed by atoms with Gasteiger partial charge >= 0.3 is 0 Å². The quantitative estimate of drug-likeness (QED) is 0.727. The first kappa shape index (κ1) is 16.2. The summed E-state index contributed by atoms with van der Waals surface area (Å²) in [6.07, 6.45) is 2.39. The Balaban J connectivity index is 2.83. The summed E-state index contributed by atoms with van der Waals surface area (Å²) in [5, 5.41) is 3.72. The van der Waals surface area contributed by atoms with Gasteiger partial charge in [-0.1, -0.05) is 51.1 Å². The van der Waals surface area contributed by atoms with Crippen LogP contribution in [0.2, 0.25) is 0 Å². The Bertz CT molecular complexity index is 323. The van der Waals surface area contributed by atoms with Crippen molar-refractivity contribution in [3.8, 4) is 0 Å². The van der Waals surface area contributed by atoms with E-state index in [0.29, 0.717) is 12.1 Å². The minimum Gasteiger partial charge on any atom is -0.309 e. The largest absolute Gasteiger partial charge is 0.309 e. The number of rotatable bonds is 9. The van der Waals surface area contributed by atoms with E-state index in [0.717, 1.165) is 13.1 Å². The summed E-state index contributed by atoms with van der Waals surface area (Å²) in [5.74, 6) is 0. The minimum absolute atomic E-state index is 0.424. The Morgan fingerprint density at radius 3 is 2.26 bits per heavy atom. The van der Waals surface area contributed by atoms with Crippen molar-refractivity contribution in [3.63, 3.8) is 0 Å². The van der Waals surface area contributed by atoms with Crippen LogP contribution in [0.4, 0.5) is 0 Å². The van der Waals surface area contributed by atoms with Gasteiger partial charge in [-0.2, -0.15) is 0 Å². The molecule has 0 spiro atoms. The van der Waals surface area contributed by atoms with Crippen LogP contribution in [0, 0.1) is 0 Å². The lowest BCUT2D eigenvalue weighted by molar-refractivity contribution is 0.177. The van der Waals surface area contributed by atoms with Gasteiger partial charge < -0.3 is 5.32 Å². The van der Waals surface area contributed by atoms with Crippen LogP contribution in [0.15, 0.2) is 30.3 Å². The third-order valence-electron chi connectivity index (χ3n) is 3.75. The lowest BCUT2D eigenvalue weighted by Crippen LogP contribution is -2.43. The molecule has 19 heavy (non-hydrogen) atoms. The summed E-state index contributed by atoms with van der Waals surface area (Å²) in [5.41, 5.74) is 1.40. The molecular weight excluding hydrogens is 232 g/mol. The van der Waals surface area contributed by atoms with Gasteiger partial charge in [-0.3, -0.25) is 4.90 Å². The molecule has 0 aliphatic heterocycles. The van der Waals surface area contributed by atoms with Gasteiger partial charge in [-0.05, 0) is 45.0 Å². The summed E-state index contributed by atoms with van der Waals surface area (Å²) in [7, 11) is 0. The number of hydrogen-bond donors (Lipinski definition) is 1. The molecule has 1 rings (SSSR count). The highest BCUT2D eigenvalue weighted by Gasteiger charge is 2.22. The average Bonchev–Trinajstić information content (AvgIpc) is 2.46. The Hall–Kier alpha value is -0.860. The maximum atomic E-state index is 3.72. The molecule has 0 saturated heterocycles. The van der Waals surface area contributed by atoms with Crippen LogP contribution in [-0.4, -0.2) is 30.6 Å². The number of nitrogens with zero attached hydrogens (tertiary/aromatic N) is 1. The smallest absolute Gasteiger partial charge is 0.0475 e. The Morgan fingerprint density at radius 2 is 1.74 bits per heavy atom. The van der Waals surface area contributed by atoms with Crippen LogP contribution >= 0.6 is 0 Å². The molecule has 1 N–H and O–H groups in total. The maximum absolute atomic E-state index is 3.72. The zero-order valence-corrected chi connectivity index (χ0v) is 13.0. The van der Waals surface area contributed by atoms with Crippen molar-refractivity contribution in [2.45, 2.75) is 52.6 Å². The van der Waals surface area contributed by atoms with Crippen LogP contribution < -0.4 is 5.32 Å². The predicted octanol–water partition coefficient (Wildman–Crippen LogP) is 3.85. The lowest BCUT2D eigenvalue weighted by atomic mass is 9.98. The Labute approximate surface area is 119 Å². The molecule has 2 heteroatoms. The van der Waals surface area contributed by atoms with Crippen molar-refractivity contribution in [3.05, 3.63) is 35.9 Å². The molecule has 0 aliphatic carbocycles. The Kier molecular flexibility index (Phi) is 7.76. The first-order chi connectivity index (χ1) is 9.24. The summed E-state index contributed by atoms with van der Waals surface area (Å²) < 4.78 is 0. The first-order valence-corrected chi connectivity index (χ1v) is 7.76. The molecular formula is C17H30N2. The van der Waals surface area contributed by atoms with Crippen LogP contribution in [-0.2, 0) is 0 Å². The third kappa shape index (κ3) is 4.96. The number of hydrogen-bond acceptors (Lipinski definition) is 2. The molecule has 0 saturated carbocycles. The van der Waals surface area contributed by atoms with Gasteiger partial charge in [0.2, 0.25) is 0 Å². The van der Waals surface area contributed by atoms with Crippen molar-refractivity contribution >= 4 is 0 Å². The van der Waals surface area contributed by atoms with E-state index >= 15 is 0 Å². The average molecular weight is 262 g/mol. The highest BCUT2D eigenvalue weighted by Crippen LogP contribution is 2.21. The predicted molar refractivity (Wildman–Crippen MR) is 84.5 cm³/mol. The van der Waals surface area contributed by atoms with Gasteiger partial charge in [0.15, 0.2) is 0 Å². The number of benzene rings is 1. The topological polar surface area (TPSA) is 15.3 Å². The molecule has 1 aromatic rings. The normalized spacial score (nSPS) is 14.6.